The molecule has 0 radical (unpaired) electrons. The zero-order chi connectivity index (χ0) is 10.4. The average molecular weight is 192 g/mol. The van der Waals surface area contributed by atoms with Crippen LogP contribution in [0, 0.1) is 18.3 Å². The fourth-order valence-electron chi connectivity index (χ4n) is 1.01. The predicted molar refractivity (Wildman–Crippen MR) is 50.2 cm³/mol. The van der Waals surface area contributed by atoms with Gasteiger partial charge in [0.25, 0.3) is 0 Å². The van der Waals surface area contributed by atoms with Crippen LogP contribution in [0.3, 0.4) is 0 Å². The Morgan fingerprint density at radius 3 is 3.14 bits per heavy atom. The smallest absolute Gasteiger partial charge is 0.241 e. The second-order valence-electron chi connectivity index (χ2n) is 2.91. The van der Waals surface area contributed by atoms with Crippen LogP contribution in [0.4, 0.5) is 0 Å². The molecule has 1 aromatic heterocycles. The molecule has 0 spiro atoms. The number of amides is 1. The van der Waals surface area contributed by atoms with Crippen LogP contribution in [0.5, 0.6) is 0 Å². The number of aryl methyl sites for hydroxylation is 1. The molecule has 0 aliphatic heterocycles. The molecule has 14 heavy (non-hydrogen) atoms. The van der Waals surface area contributed by atoms with Crippen molar-refractivity contribution in [1.29, 1.82) is 5.26 Å². The molecule has 5 heteroatoms. The summed E-state index contributed by atoms with van der Waals surface area (Å²) in [6.45, 7) is 2.47. The van der Waals surface area contributed by atoms with Crippen molar-refractivity contribution in [2.75, 3.05) is 6.54 Å². The zero-order valence-corrected chi connectivity index (χ0v) is 8.03. The highest BCUT2D eigenvalue weighted by Crippen LogP contribution is 1.91. The Hall–Kier alpha value is -1.83. The fraction of sp³-hybridized carbons (Fsp3) is 0.444. The molecule has 0 unspecified atom stereocenters. The molecule has 0 aliphatic carbocycles. The van der Waals surface area contributed by atoms with E-state index in [1.54, 1.807) is 10.9 Å². The molecule has 0 atom stereocenters. The maximum atomic E-state index is 11.2. The minimum absolute atomic E-state index is 0.122. The summed E-state index contributed by atoms with van der Waals surface area (Å²) in [5.74, 6) is -0.122. The van der Waals surface area contributed by atoms with Crippen LogP contribution < -0.4 is 5.32 Å². The molecule has 0 aromatic carbocycles. The highest BCUT2D eigenvalue weighted by molar-refractivity contribution is 5.75. The van der Waals surface area contributed by atoms with Gasteiger partial charge in [0.1, 0.15) is 6.54 Å². The van der Waals surface area contributed by atoms with Crippen molar-refractivity contribution in [3.8, 4) is 6.07 Å². The monoisotopic (exact) mass is 192 g/mol. The minimum Gasteiger partial charge on any atom is -0.353 e. The Balaban J connectivity index is 2.31. The van der Waals surface area contributed by atoms with E-state index in [0.29, 0.717) is 13.0 Å². The molecule has 5 nitrogen and oxygen atoms in total. The van der Waals surface area contributed by atoms with E-state index < -0.39 is 0 Å². The lowest BCUT2D eigenvalue weighted by Crippen LogP contribution is -2.28. The predicted octanol–water partition coefficient (Wildman–Crippen LogP) is 0.221. The van der Waals surface area contributed by atoms with Crippen molar-refractivity contribution in [3.05, 3.63) is 18.0 Å². The fourth-order valence-corrected chi connectivity index (χ4v) is 1.01. The molecular formula is C9H12N4O. The van der Waals surface area contributed by atoms with Crippen LogP contribution in [0.25, 0.3) is 0 Å². The van der Waals surface area contributed by atoms with Gasteiger partial charge in [-0.2, -0.15) is 10.4 Å². The number of nitrogens with zero attached hydrogens (tertiary/aromatic N) is 3. The molecule has 0 fully saturated rings. The lowest BCUT2D eigenvalue weighted by Gasteiger charge is -2.02. The van der Waals surface area contributed by atoms with E-state index in [2.05, 4.69) is 10.4 Å². The van der Waals surface area contributed by atoms with Crippen molar-refractivity contribution in [1.82, 2.24) is 15.1 Å². The van der Waals surface area contributed by atoms with Crippen LogP contribution in [0.1, 0.15) is 12.1 Å². The van der Waals surface area contributed by atoms with Crippen molar-refractivity contribution >= 4 is 5.91 Å². The van der Waals surface area contributed by atoms with Crippen molar-refractivity contribution in [2.24, 2.45) is 0 Å². The highest BCUT2D eigenvalue weighted by Gasteiger charge is 2.01. The summed E-state index contributed by atoms with van der Waals surface area (Å²) < 4.78 is 1.57. The minimum atomic E-state index is -0.122. The van der Waals surface area contributed by atoms with Gasteiger partial charge in [-0.15, -0.1) is 0 Å². The zero-order valence-electron chi connectivity index (χ0n) is 8.03. The van der Waals surface area contributed by atoms with Gasteiger partial charge in [-0.25, -0.2) is 0 Å². The van der Waals surface area contributed by atoms with Gasteiger partial charge in [0.05, 0.1) is 18.2 Å². The maximum Gasteiger partial charge on any atom is 0.241 e. The molecule has 1 heterocycles. The number of hydrogen-bond acceptors (Lipinski definition) is 3. The summed E-state index contributed by atoms with van der Waals surface area (Å²) in [6.07, 6.45) is 2.09. The summed E-state index contributed by atoms with van der Waals surface area (Å²) in [7, 11) is 0. The summed E-state index contributed by atoms with van der Waals surface area (Å²) in [5, 5.41) is 14.9. The van der Waals surface area contributed by atoms with E-state index in [-0.39, 0.29) is 12.5 Å². The molecule has 0 aliphatic rings. The van der Waals surface area contributed by atoms with E-state index in [1.807, 2.05) is 19.1 Å². The van der Waals surface area contributed by atoms with Crippen LogP contribution in [-0.4, -0.2) is 22.2 Å². The lowest BCUT2D eigenvalue weighted by molar-refractivity contribution is -0.121. The first kappa shape index (κ1) is 10.3. The van der Waals surface area contributed by atoms with Crippen molar-refractivity contribution in [2.45, 2.75) is 19.9 Å². The second-order valence-corrected chi connectivity index (χ2v) is 2.91. The first-order valence-electron chi connectivity index (χ1n) is 4.36. The van der Waals surface area contributed by atoms with Gasteiger partial charge < -0.3 is 5.32 Å². The highest BCUT2D eigenvalue weighted by atomic mass is 16.2. The van der Waals surface area contributed by atoms with Gasteiger partial charge in [-0.3, -0.25) is 9.48 Å². The molecule has 1 rings (SSSR count). The summed E-state index contributed by atoms with van der Waals surface area (Å²) in [4.78, 5) is 11.2. The van der Waals surface area contributed by atoms with Gasteiger partial charge in [0.2, 0.25) is 5.91 Å². The third-order valence-electron chi connectivity index (χ3n) is 1.64. The van der Waals surface area contributed by atoms with Gasteiger partial charge in [0, 0.05) is 12.7 Å². The quantitative estimate of drug-likeness (QED) is 0.694. The molecule has 1 aromatic rings. The first-order valence-corrected chi connectivity index (χ1v) is 4.36. The largest absolute Gasteiger partial charge is 0.353 e. The Bertz CT molecular complexity index is 350. The van der Waals surface area contributed by atoms with Crippen LogP contribution in [0.2, 0.25) is 0 Å². The third-order valence-corrected chi connectivity index (χ3v) is 1.64. The number of carbonyl (C=O) groups excluding carboxylic acids is 1. The normalized spacial score (nSPS) is 9.43. The summed E-state index contributed by atoms with van der Waals surface area (Å²) >= 11 is 0. The van der Waals surface area contributed by atoms with E-state index in [4.69, 9.17) is 5.26 Å². The topological polar surface area (TPSA) is 70.7 Å². The Kier molecular flexibility index (Phi) is 3.68. The molecule has 1 N–H and O–H groups in total. The summed E-state index contributed by atoms with van der Waals surface area (Å²) in [5.41, 5.74) is 0.884. The standard InChI is InChI=1S/C9H12N4O/c1-8-3-6-13(12-8)7-9(14)11-5-2-4-10/h3,6H,2,5,7H2,1H3,(H,11,14). The van der Waals surface area contributed by atoms with Crippen molar-refractivity contribution in [3.63, 3.8) is 0 Å². The Morgan fingerprint density at radius 2 is 2.57 bits per heavy atom. The first-order chi connectivity index (χ1) is 6.72. The van der Waals surface area contributed by atoms with Gasteiger partial charge in [0.15, 0.2) is 0 Å². The van der Waals surface area contributed by atoms with E-state index in [9.17, 15) is 4.79 Å². The Morgan fingerprint density at radius 1 is 1.79 bits per heavy atom. The van der Waals surface area contributed by atoms with Crippen molar-refractivity contribution < 1.29 is 4.79 Å². The summed E-state index contributed by atoms with van der Waals surface area (Å²) in [6, 6.07) is 3.79. The van der Waals surface area contributed by atoms with E-state index in [0.717, 1.165) is 5.69 Å². The van der Waals surface area contributed by atoms with Gasteiger partial charge in [-0.1, -0.05) is 0 Å². The van der Waals surface area contributed by atoms with Gasteiger partial charge >= 0.3 is 0 Å². The average Bonchev–Trinajstić information content (AvgIpc) is 2.52. The molecule has 0 saturated carbocycles. The molecule has 0 bridgehead atoms. The van der Waals surface area contributed by atoms with Crippen LogP contribution in [0.15, 0.2) is 12.3 Å². The number of hydrogen-bond donors (Lipinski definition) is 1. The Labute approximate surface area is 82.3 Å². The third kappa shape index (κ3) is 3.27. The van der Waals surface area contributed by atoms with E-state index in [1.165, 1.54) is 0 Å². The SMILES string of the molecule is Cc1ccn(CC(=O)NCCC#N)n1. The molecule has 74 valence electrons. The number of carbonyl (C=O) groups is 1. The molecule has 1 amide bonds. The lowest BCUT2D eigenvalue weighted by atomic mass is 10.4. The maximum absolute atomic E-state index is 11.2. The number of aromatic nitrogens is 2. The number of nitrogens with one attached hydrogen (secondary N) is 1. The number of nitriles is 1. The van der Waals surface area contributed by atoms with Crippen LogP contribution >= 0.6 is 0 Å². The molecular weight excluding hydrogens is 180 g/mol. The van der Waals surface area contributed by atoms with Crippen LogP contribution in [-0.2, 0) is 11.3 Å². The van der Waals surface area contributed by atoms with Gasteiger partial charge in [-0.05, 0) is 13.0 Å². The van der Waals surface area contributed by atoms with E-state index >= 15 is 0 Å². The molecule has 0 saturated heterocycles. The second kappa shape index (κ2) is 5.02. The number of rotatable bonds is 4.